The first-order valence-electron chi connectivity index (χ1n) is 11.1. The van der Waals surface area contributed by atoms with Gasteiger partial charge in [0, 0.05) is 29.7 Å². The molecule has 2 aliphatic rings. The molecule has 0 radical (unpaired) electrons. The highest BCUT2D eigenvalue weighted by Crippen LogP contribution is 2.32. The summed E-state index contributed by atoms with van der Waals surface area (Å²) in [6.45, 7) is 1.11. The lowest BCUT2D eigenvalue weighted by atomic mass is 10.0. The Morgan fingerprint density at radius 2 is 2.18 bits per heavy atom. The monoisotopic (exact) mass is 479 g/mol. The topological polar surface area (TPSA) is 114 Å². The predicted octanol–water partition coefficient (Wildman–Crippen LogP) is 2.96. The van der Waals surface area contributed by atoms with E-state index in [9.17, 15) is 9.59 Å². The Kier molecular flexibility index (Phi) is 6.61. The van der Waals surface area contributed by atoms with Crippen molar-refractivity contribution in [3.63, 3.8) is 0 Å². The molecule has 1 fully saturated rings. The predicted molar refractivity (Wildman–Crippen MR) is 130 cm³/mol. The van der Waals surface area contributed by atoms with Crippen LogP contribution >= 0.6 is 11.8 Å². The second-order valence-electron chi connectivity index (χ2n) is 8.21. The molecule has 0 spiro atoms. The number of benzene rings is 1. The Hall–Kier alpha value is -3.21. The molecule has 5 rings (SSSR count). The van der Waals surface area contributed by atoms with Crippen molar-refractivity contribution >= 4 is 46.0 Å². The quantitative estimate of drug-likeness (QED) is 0.494. The summed E-state index contributed by atoms with van der Waals surface area (Å²) < 4.78 is 11.1. The van der Waals surface area contributed by atoms with Crippen LogP contribution in [0.1, 0.15) is 18.4 Å². The van der Waals surface area contributed by atoms with Crippen LogP contribution in [0.2, 0.25) is 0 Å². The third kappa shape index (κ3) is 4.98. The Bertz CT molecular complexity index is 1230. The maximum absolute atomic E-state index is 12.8. The average molecular weight is 480 g/mol. The number of rotatable bonds is 6. The highest BCUT2D eigenvalue weighted by molar-refractivity contribution is 8.00. The van der Waals surface area contributed by atoms with Crippen LogP contribution in [0.5, 0.6) is 5.88 Å². The maximum atomic E-state index is 12.8. The van der Waals surface area contributed by atoms with E-state index in [1.807, 2.05) is 12.1 Å². The second-order valence-corrected chi connectivity index (χ2v) is 9.23. The molecular weight excluding hydrogens is 454 g/mol. The normalized spacial score (nSPS) is 19.9. The number of fused-ring (bicyclic) bond motifs is 2. The number of anilines is 2. The molecule has 3 N–H and O–H groups in total. The average Bonchev–Trinajstić information content (AvgIpc) is 2.87. The second kappa shape index (κ2) is 9.96. The minimum atomic E-state index is -0.525. The van der Waals surface area contributed by atoms with Gasteiger partial charge in [-0.05, 0) is 42.7 Å². The van der Waals surface area contributed by atoms with E-state index in [4.69, 9.17) is 9.47 Å². The number of amides is 2. The van der Waals surface area contributed by atoms with E-state index in [0.29, 0.717) is 47.9 Å². The fourth-order valence-corrected chi connectivity index (χ4v) is 4.85. The van der Waals surface area contributed by atoms with Crippen molar-refractivity contribution in [1.82, 2.24) is 15.3 Å². The summed E-state index contributed by atoms with van der Waals surface area (Å²) in [6, 6.07) is 11.5. The van der Waals surface area contributed by atoms with Crippen LogP contribution in [-0.4, -0.2) is 53.4 Å². The van der Waals surface area contributed by atoms with Gasteiger partial charge in [0.15, 0.2) is 0 Å². The third-order valence-corrected chi connectivity index (χ3v) is 6.94. The van der Waals surface area contributed by atoms with E-state index in [-0.39, 0.29) is 17.9 Å². The zero-order valence-corrected chi connectivity index (χ0v) is 19.5. The number of methoxy groups -OCH3 is 1. The van der Waals surface area contributed by atoms with E-state index in [1.54, 1.807) is 43.3 Å². The molecule has 0 aliphatic carbocycles. The summed E-state index contributed by atoms with van der Waals surface area (Å²) in [4.78, 5) is 34.3. The molecule has 176 valence electrons. The fourth-order valence-electron chi connectivity index (χ4n) is 4.06. The number of ether oxygens (including phenoxy) is 2. The highest BCUT2D eigenvalue weighted by atomic mass is 32.2. The summed E-state index contributed by atoms with van der Waals surface area (Å²) in [5, 5.41) is 9.35. The summed E-state index contributed by atoms with van der Waals surface area (Å²) in [7, 11) is 1.55. The minimum Gasteiger partial charge on any atom is -0.481 e. The number of pyridine rings is 2. The van der Waals surface area contributed by atoms with Gasteiger partial charge < -0.3 is 25.4 Å². The molecule has 9 nitrogen and oxygen atoms in total. The van der Waals surface area contributed by atoms with Gasteiger partial charge >= 0.3 is 0 Å². The van der Waals surface area contributed by atoms with Crippen LogP contribution in [0.25, 0.3) is 11.0 Å². The van der Waals surface area contributed by atoms with Crippen LogP contribution in [0.3, 0.4) is 0 Å². The lowest BCUT2D eigenvalue weighted by Crippen LogP contribution is -2.43. The summed E-state index contributed by atoms with van der Waals surface area (Å²) in [5.74, 6) is 0.751. The molecule has 2 amide bonds. The number of hydrogen-bond donors (Lipinski definition) is 3. The Balaban J connectivity index is 1.14. The SMILES string of the molecule is COc1ccc2nccc(NC(=O)[C@@H]3CC[C@@H](NCc4ccc5c(c4)NC(=O)CS5)CO3)c2n1. The van der Waals surface area contributed by atoms with E-state index in [0.717, 1.165) is 22.6 Å². The minimum absolute atomic E-state index is 0.0299. The van der Waals surface area contributed by atoms with Gasteiger partial charge in [-0.3, -0.25) is 14.6 Å². The van der Waals surface area contributed by atoms with Gasteiger partial charge in [-0.15, -0.1) is 11.8 Å². The molecule has 1 saturated heterocycles. The first-order chi connectivity index (χ1) is 16.6. The molecule has 2 atom stereocenters. The van der Waals surface area contributed by atoms with Gasteiger partial charge in [-0.25, -0.2) is 4.98 Å². The van der Waals surface area contributed by atoms with Crippen molar-refractivity contribution in [2.45, 2.75) is 36.4 Å². The van der Waals surface area contributed by atoms with Gasteiger partial charge in [0.25, 0.3) is 5.91 Å². The highest BCUT2D eigenvalue weighted by Gasteiger charge is 2.27. The van der Waals surface area contributed by atoms with Crippen molar-refractivity contribution in [3.05, 3.63) is 48.2 Å². The van der Waals surface area contributed by atoms with E-state index < -0.39 is 6.10 Å². The number of nitrogens with zero attached hydrogens (tertiary/aromatic N) is 2. The van der Waals surface area contributed by atoms with E-state index in [2.05, 4.69) is 32.0 Å². The molecule has 3 aromatic rings. The molecule has 0 saturated carbocycles. The van der Waals surface area contributed by atoms with Crippen molar-refractivity contribution in [3.8, 4) is 5.88 Å². The number of thioether (sulfide) groups is 1. The first kappa shape index (κ1) is 22.6. The molecule has 0 bridgehead atoms. The smallest absolute Gasteiger partial charge is 0.253 e. The van der Waals surface area contributed by atoms with Crippen molar-refractivity contribution in [2.75, 3.05) is 30.1 Å². The van der Waals surface area contributed by atoms with Crippen LogP contribution in [0.15, 0.2) is 47.5 Å². The zero-order valence-electron chi connectivity index (χ0n) is 18.7. The van der Waals surface area contributed by atoms with E-state index in [1.165, 1.54) is 0 Å². The lowest BCUT2D eigenvalue weighted by Gasteiger charge is -2.29. The standard InChI is InChI=1S/C24H25N5O4S/c1-32-22-7-4-16-23(29-22)17(8-9-25-16)28-24(31)19-5-3-15(12-33-19)26-11-14-2-6-20-18(10-14)27-21(30)13-34-20/h2,4,6-10,15,19,26H,3,5,11-13H2,1H3,(H,27,30)(H,25,28,31)/t15-,19+/m1/s1. The van der Waals surface area contributed by atoms with Crippen molar-refractivity contribution < 1.29 is 19.1 Å². The first-order valence-corrected chi connectivity index (χ1v) is 12.1. The van der Waals surface area contributed by atoms with Crippen LogP contribution in [0.4, 0.5) is 11.4 Å². The van der Waals surface area contributed by atoms with E-state index >= 15 is 0 Å². The van der Waals surface area contributed by atoms with Gasteiger partial charge in [-0.1, -0.05) is 6.07 Å². The molecular formula is C24H25N5O4S. The van der Waals surface area contributed by atoms with Crippen molar-refractivity contribution in [2.24, 2.45) is 0 Å². The van der Waals surface area contributed by atoms with Crippen molar-refractivity contribution in [1.29, 1.82) is 0 Å². The Morgan fingerprint density at radius 1 is 1.26 bits per heavy atom. The number of carbonyl (C=O) groups is 2. The molecule has 10 heteroatoms. The summed E-state index contributed by atoms with van der Waals surface area (Å²) in [6.07, 6.45) is 2.54. The molecule has 4 heterocycles. The lowest BCUT2D eigenvalue weighted by molar-refractivity contribution is -0.131. The number of hydrogen-bond acceptors (Lipinski definition) is 8. The zero-order chi connectivity index (χ0) is 23.5. The van der Waals surface area contributed by atoms with Crippen LogP contribution < -0.4 is 20.7 Å². The Labute approximate surface area is 201 Å². The van der Waals surface area contributed by atoms with Crippen LogP contribution in [-0.2, 0) is 20.9 Å². The number of aromatic nitrogens is 2. The fraction of sp³-hybridized carbons (Fsp3) is 0.333. The van der Waals surface area contributed by atoms with Gasteiger partial charge in [0.2, 0.25) is 11.8 Å². The van der Waals surface area contributed by atoms with Gasteiger partial charge in [-0.2, -0.15) is 0 Å². The molecule has 2 aromatic heterocycles. The molecule has 0 unspecified atom stereocenters. The van der Waals surface area contributed by atoms with Crippen LogP contribution in [0, 0.1) is 0 Å². The third-order valence-electron chi connectivity index (χ3n) is 5.87. The van der Waals surface area contributed by atoms with Gasteiger partial charge in [0.05, 0.1) is 36.4 Å². The number of nitrogens with one attached hydrogen (secondary N) is 3. The largest absolute Gasteiger partial charge is 0.481 e. The summed E-state index contributed by atoms with van der Waals surface area (Å²) >= 11 is 1.55. The molecule has 1 aromatic carbocycles. The van der Waals surface area contributed by atoms with Gasteiger partial charge in [0.1, 0.15) is 11.6 Å². The number of carbonyl (C=O) groups excluding carboxylic acids is 2. The molecule has 34 heavy (non-hydrogen) atoms. The maximum Gasteiger partial charge on any atom is 0.253 e. The Morgan fingerprint density at radius 3 is 3.00 bits per heavy atom. The molecule has 2 aliphatic heterocycles. The summed E-state index contributed by atoms with van der Waals surface area (Å²) in [5.41, 5.74) is 3.79.